The first-order valence-electron chi connectivity index (χ1n) is 2.38. The third-order valence-corrected chi connectivity index (χ3v) is 0.748. The highest BCUT2D eigenvalue weighted by atomic mass is 16.1. The summed E-state index contributed by atoms with van der Waals surface area (Å²) in [5, 5.41) is 0. The number of hydrogen-bond donors (Lipinski definition) is 1. The maximum atomic E-state index is 9.68. The van der Waals surface area contributed by atoms with Gasteiger partial charge in [-0.2, -0.15) is 0 Å². The molecule has 9 heavy (non-hydrogen) atoms. The maximum Gasteiger partial charge on any atom is 0.193 e. The second-order valence-electron chi connectivity index (χ2n) is 1.32. The molecule has 0 atom stereocenters. The van der Waals surface area contributed by atoms with Crippen LogP contribution in [0.3, 0.4) is 0 Å². The summed E-state index contributed by atoms with van der Waals surface area (Å²) in [5.74, 6) is 5.23. The van der Waals surface area contributed by atoms with Gasteiger partial charge in [0.2, 0.25) is 0 Å². The van der Waals surface area contributed by atoms with Crippen LogP contribution >= 0.6 is 0 Å². The molecule has 1 rings (SSSR count). The fourth-order valence-electron chi connectivity index (χ4n) is 0.431. The van der Waals surface area contributed by atoms with Crippen LogP contribution in [0.25, 0.3) is 0 Å². The molecule has 3 nitrogen and oxygen atoms in total. The Morgan fingerprint density at radius 3 is 3.22 bits per heavy atom. The first-order valence-corrected chi connectivity index (χ1v) is 2.38. The van der Waals surface area contributed by atoms with Crippen molar-refractivity contribution in [2.75, 3.05) is 0 Å². The molecule has 0 saturated carbocycles. The zero-order valence-corrected chi connectivity index (χ0v) is 4.59. The molecule has 1 heterocycles. The van der Waals surface area contributed by atoms with Crippen molar-refractivity contribution in [3.63, 3.8) is 0 Å². The standard InChI is InChI=1S/C6H4N2O/c9-5-1-2-6-7-3-4-8-6/h3-5H,(H,7,8). The van der Waals surface area contributed by atoms with Gasteiger partial charge in [0.05, 0.1) is 0 Å². The topological polar surface area (TPSA) is 45.8 Å². The Balaban J connectivity index is 2.78. The Morgan fingerprint density at radius 2 is 2.67 bits per heavy atom. The molecule has 0 amide bonds. The van der Waals surface area contributed by atoms with Crippen LogP contribution < -0.4 is 0 Å². The minimum atomic E-state index is 0.516. The number of nitrogens with one attached hydrogen (secondary N) is 1. The van der Waals surface area contributed by atoms with E-state index in [2.05, 4.69) is 21.8 Å². The Morgan fingerprint density at radius 1 is 1.78 bits per heavy atom. The molecule has 0 unspecified atom stereocenters. The van der Waals surface area contributed by atoms with Crippen molar-refractivity contribution in [3.8, 4) is 11.8 Å². The summed E-state index contributed by atoms with van der Waals surface area (Å²) in [6, 6.07) is 0. The van der Waals surface area contributed by atoms with Crippen molar-refractivity contribution in [2.24, 2.45) is 0 Å². The summed E-state index contributed by atoms with van der Waals surface area (Å²) >= 11 is 0. The Labute approximate surface area is 52.1 Å². The minimum Gasteiger partial charge on any atom is -0.338 e. The molecule has 44 valence electrons. The monoisotopic (exact) mass is 120 g/mol. The minimum absolute atomic E-state index is 0.516. The lowest BCUT2D eigenvalue weighted by Crippen LogP contribution is -1.74. The van der Waals surface area contributed by atoms with E-state index in [0.717, 1.165) is 0 Å². The van der Waals surface area contributed by atoms with Crippen LogP contribution in [-0.4, -0.2) is 16.3 Å². The van der Waals surface area contributed by atoms with E-state index in [1.165, 1.54) is 0 Å². The Hall–Kier alpha value is -1.56. The van der Waals surface area contributed by atoms with Gasteiger partial charge in [-0.25, -0.2) is 4.98 Å². The van der Waals surface area contributed by atoms with Crippen LogP contribution in [0, 0.1) is 11.8 Å². The number of rotatable bonds is 0. The van der Waals surface area contributed by atoms with Gasteiger partial charge >= 0.3 is 0 Å². The van der Waals surface area contributed by atoms with Crippen molar-refractivity contribution >= 4 is 6.29 Å². The first-order chi connectivity index (χ1) is 4.43. The summed E-state index contributed by atoms with van der Waals surface area (Å²) < 4.78 is 0. The molecule has 0 aliphatic rings. The fourth-order valence-corrected chi connectivity index (χ4v) is 0.431. The van der Waals surface area contributed by atoms with Crippen molar-refractivity contribution < 1.29 is 4.79 Å². The normalized spacial score (nSPS) is 7.56. The molecule has 0 fully saturated rings. The lowest BCUT2D eigenvalue weighted by Gasteiger charge is -1.70. The van der Waals surface area contributed by atoms with Crippen molar-refractivity contribution in [1.82, 2.24) is 9.97 Å². The Bertz CT molecular complexity index is 240. The summed E-state index contributed by atoms with van der Waals surface area (Å²) in [7, 11) is 0. The molecule has 0 spiro atoms. The van der Waals surface area contributed by atoms with Crippen LogP contribution in [0.15, 0.2) is 12.4 Å². The smallest absolute Gasteiger partial charge is 0.193 e. The fraction of sp³-hybridized carbons (Fsp3) is 0. The molecular weight excluding hydrogens is 116 g/mol. The van der Waals surface area contributed by atoms with E-state index in [1.54, 1.807) is 12.4 Å². The Kier molecular flexibility index (Phi) is 1.66. The summed E-state index contributed by atoms with van der Waals surface area (Å²) in [6.45, 7) is 0. The second-order valence-corrected chi connectivity index (χ2v) is 1.32. The first kappa shape index (κ1) is 5.57. The van der Waals surface area contributed by atoms with Crippen molar-refractivity contribution in [1.29, 1.82) is 0 Å². The van der Waals surface area contributed by atoms with Crippen LogP contribution in [0.5, 0.6) is 0 Å². The van der Waals surface area contributed by atoms with Gasteiger partial charge in [0.1, 0.15) is 0 Å². The lowest BCUT2D eigenvalue weighted by atomic mass is 10.6. The maximum absolute atomic E-state index is 9.68. The number of aldehydes is 1. The zero-order chi connectivity index (χ0) is 6.53. The van der Waals surface area contributed by atoms with Crippen LogP contribution in [0.1, 0.15) is 5.82 Å². The summed E-state index contributed by atoms with van der Waals surface area (Å²) in [4.78, 5) is 16.2. The SMILES string of the molecule is O=CC#Cc1ncc[nH]1. The van der Waals surface area contributed by atoms with E-state index >= 15 is 0 Å². The number of carbonyl (C=O) groups is 1. The van der Waals surface area contributed by atoms with E-state index in [4.69, 9.17) is 0 Å². The number of H-pyrrole nitrogens is 1. The second kappa shape index (κ2) is 2.68. The molecule has 1 N–H and O–H groups in total. The molecule has 0 aromatic carbocycles. The largest absolute Gasteiger partial charge is 0.338 e. The lowest BCUT2D eigenvalue weighted by molar-refractivity contribution is -0.103. The molecular formula is C6H4N2O. The summed E-state index contributed by atoms with van der Waals surface area (Å²) in [6.07, 6.45) is 3.76. The molecule has 0 bridgehead atoms. The highest BCUT2D eigenvalue weighted by Crippen LogP contribution is 1.80. The molecule has 0 aliphatic heterocycles. The van der Waals surface area contributed by atoms with E-state index in [0.29, 0.717) is 12.1 Å². The predicted octanol–water partition coefficient (Wildman–Crippen LogP) is -0.0399. The number of hydrogen-bond acceptors (Lipinski definition) is 2. The van der Waals surface area contributed by atoms with Crippen LogP contribution in [-0.2, 0) is 4.79 Å². The van der Waals surface area contributed by atoms with Gasteiger partial charge in [-0.1, -0.05) is 0 Å². The molecule has 1 aromatic rings. The van der Waals surface area contributed by atoms with Crippen LogP contribution in [0.4, 0.5) is 0 Å². The number of carbonyl (C=O) groups excluding carboxylic acids is 1. The van der Waals surface area contributed by atoms with Crippen LogP contribution in [0.2, 0.25) is 0 Å². The van der Waals surface area contributed by atoms with Gasteiger partial charge in [0.15, 0.2) is 12.1 Å². The van der Waals surface area contributed by atoms with Gasteiger partial charge in [0, 0.05) is 12.4 Å². The predicted molar refractivity (Wildman–Crippen MR) is 31.5 cm³/mol. The van der Waals surface area contributed by atoms with Gasteiger partial charge in [-0.05, 0) is 11.8 Å². The molecule has 0 saturated heterocycles. The number of nitrogens with zero attached hydrogens (tertiary/aromatic N) is 1. The molecule has 3 heteroatoms. The van der Waals surface area contributed by atoms with Gasteiger partial charge in [-0.3, -0.25) is 4.79 Å². The molecule has 0 aliphatic carbocycles. The average molecular weight is 120 g/mol. The number of aromatic nitrogens is 2. The van der Waals surface area contributed by atoms with Crippen molar-refractivity contribution in [3.05, 3.63) is 18.2 Å². The zero-order valence-electron chi connectivity index (χ0n) is 4.59. The van der Waals surface area contributed by atoms with E-state index < -0.39 is 0 Å². The van der Waals surface area contributed by atoms with Gasteiger partial charge in [-0.15, -0.1) is 0 Å². The highest BCUT2D eigenvalue weighted by Gasteiger charge is 1.81. The number of imidazole rings is 1. The summed E-state index contributed by atoms with van der Waals surface area (Å²) in [5.41, 5.74) is 0. The third-order valence-electron chi connectivity index (χ3n) is 0.748. The average Bonchev–Trinajstić information content (AvgIpc) is 2.34. The molecule has 0 radical (unpaired) electrons. The highest BCUT2D eigenvalue weighted by molar-refractivity contribution is 5.73. The van der Waals surface area contributed by atoms with Crippen molar-refractivity contribution in [2.45, 2.75) is 0 Å². The number of aromatic amines is 1. The van der Waals surface area contributed by atoms with Gasteiger partial charge < -0.3 is 4.98 Å². The molecule has 1 aromatic heterocycles. The quantitative estimate of drug-likeness (QED) is 0.385. The van der Waals surface area contributed by atoms with E-state index in [1.807, 2.05) is 0 Å². The van der Waals surface area contributed by atoms with Gasteiger partial charge in [0.25, 0.3) is 0 Å². The van der Waals surface area contributed by atoms with E-state index in [-0.39, 0.29) is 0 Å². The van der Waals surface area contributed by atoms with E-state index in [9.17, 15) is 4.79 Å². The third kappa shape index (κ3) is 1.42.